The highest BCUT2D eigenvalue weighted by Gasteiger charge is 2.15. The zero-order valence-electron chi connectivity index (χ0n) is 11.6. The number of quaternary nitrogens is 1. The van der Waals surface area contributed by atoms with E-state index in [1.165, 1.54) is 4.88 Å². The van der Waals surface area contributed by atoms with Crippen molar-refractivity contribution in [3.8, 4) is 0 Å². The summed E-state index contributed by atoms with van der Waals surface area (Å²) in [5, 5.41) is 2.91. The molecule has 0 saturated heterocycles. The largest absolute Gasteiger partial charge is 0.321 e. The van der Waals surface area contributed by atoms with Gasteiger partial charge in [0, 0.05) is 5.69 Å². The van der Waals surface area contributed by atoms with Crippen LogP contribution in [0.4, 0.5) is 5.69 Å². The summed E-state index contributed by atoms with van der Waals surface area (Å²) in [5.41, 5.74) is 0.819. The maximum absolute atomic E-state index is 12.1. The Morgan fingerprint density at radius 1 is 1.29 bits per heavy atom. The van der Waals surface area contributed by atoms with Crippen LogP contribution >= 0.6 is 22.9 Å². The Morgan fingerprint density at radius 2 is 2.05 bits per heavy atom. The molecule has 0 aliphatic carbocycles. The number of carbonyl (C=O) groups is 1. The van der Waals surface area contributed by atoms with Crippen LogP contribution in [0.1, 0.15) is 4.88 Å². The van der Waals surface area contributed by atoms with Crippen molar-refractivity contribution < 1.29 is 9.69 Å². The van der Waals surface area contributed by atoms with E-state index in [0.29, 0.717) is 6.54 Å². The molecule has 0 aliphatic heterocycles. The van der Waals surface area contributed by atoms with E-state index in [0.717, 1.165) is 28.0 Å². The molecular weight excluding hydrogens is 304 g/mol. The Kier molecular flexibility index (Phi) is 5.99. The molecule has 1 amide bonds. The van der Waals surface area contributed by atoms with Crippen LogP contribution in [-0.4, -0.2) is 19.0 Å². The fourth-order valence-corrected chi connectivity index (χ4v) is 3.22. The molecule has 2 N–H and O–H groups in total. The summed E-state index contributed by atoms with van der Waals surface area (Å²) in [4.78, 5) is 14.4. The molecule has 1 aromatic carbocycles. The summed E-state index contributed by atoms with van der Waals surface area (Å²) in [5.74, 6) is 0.000651. The highest BCUT2D eigenvalue weighted by Crippen LogP contribution is 2.20. The molecule has 0 radical (unpaired) electrons. The van der Waals surface area contributed by atoms with Crippen LogP contribution < -0.4 is 10.2 Å². The summed E-state index contributed by atoms with van der Waals surface area (Å²) in [6.07, 6.45) is 1.83. The van der Waals surface area contributed by atoms with Gasteiger partial charge < -0.3 is 10.2 Å². The Morgan fingerprint density at radius 3 is 2.67 bits per heavy atom. The number of thiophene rings is 1. The SMILES string of the molecule is C=CC[NH+](CC(=O)Nc1ccccc1)Cc1ccc(Cl)s1. The van der Waals surface area contributed by atoms with E-state index >= 15 is 0 Å². The summed E-state index contributed by atoms with van der Waals surface area (Å²) in [6.45, 7) is 5.67. The molecule has 0 bridgehead atoms. The standard InChI is InChI=1S/C16H17ClN2OS/c1-2-10-19(11-14-8-9-15(17)21-14)12-16(20)18-13-6-4-3-5-7-13/h2-9H,1,10-12H2,(H,18,20)/p+1. The third kappa shape index (κ3) is 5.34. The van der Waals surface area contributed by atoms with Gasteiger partial charge in [-0.2, -0.15) is 0 Å². The molecule has 0 fully saturated rings. The number of carbonyl (C=O) groups excluding carboxylic acids is 1. The van der Waals surface area contributed by atoms with Gasteiger partial charge in [-0.05, 0) is 30.3 Å². The van der Waals surface area contributed by atoms with Crippen molar-refractivity contribution in [1.82, 2.24) is 0 Å². The van der Waals surface area contributed by atoms with Gasteiger partial charge in [0.25, 0.3) is 5.91 Å². The molecular formula is C16H18ClN2OS+. The summed E-state index contributed by atoms with van der Waals surface area (Å²) >= 11 is 7.50. The fourth-order valence-electron chi connectivity index (χ4n) is 2.06. The first-order chi connectivity index (χ1) is 10.2. The zero-order valence-corrected chi connectivity index (χ0v) is 13.2. The van der Waals surface area contributed by atoms with Crippen LogP contribution in [0.15, 0.2) is 55.1 Å². The highest BCUT2D eigenvalue weighted by atomic mass is 35.5. The second kappa shape index (κ2) is 7.98. The van der Waals surface area contributed by atoms with Gasteiger partial charge in [-0.25, -0.2) is 0 Å². The van der Waals surface area contributed by atoms with E-state index in [9.17, 15) is 4.79 Å². The number of halogens is 1. The number of amides is 1. The van der Waals surface area contributed by atoms with Gasteiger partial charge in [-0.15, -0.1) is 11.3 Å². The predicted molar refractivity (Wildman–Crippen MR) is 89.0 cm³/mol. The molecule has 0 spiro atoms. The Hall–Kier alpha value is -1.62. The van der Waals surface area contributed by atoms with Gasteiger partial charge in [0.2, 0.25) is 0 Å². The number of hydrogen-bond donors (Lipinski definition) is 2. The first-order valence-corrected chi connectivity index (χ1v) is 7.90. The van der Waals surface area contributed by atoms with Crippen molar-refractivity contribution in [3.05, 3.63) is 64.3 Å². The molecule has 21 heavy (non-hydrogen) atoms. The normalized spacial score (nSPS) is 11.9. The fraction of sp³-hybridized carbons (Fsp3) is 0.188. The quantitative estimate of drug-likeness (QED) is 0.755. The number of hydrogen-bond acceptors (Lipinski definition) is 2. The highest BCUT2D eigenvalue weighted by molar-refractivity contribution is 7.16. The van der Waals surface area contributed by atoms with Crippen molar-refractivity contribution in [3.63, 3.8) is 0 Å². The van der Waals surface area contributed by atoms with E-state index in [4.69, 9.17) is 11.6 Å². The van der Waals surface area contributed by atoms with Gasteiger partial charge in [0.05, 0.1) is 15.8 Å². The smallest absolute Gasteiger partial charge is 0.279 e. The monoisotopic (exact) mass is 321 g/mol. The molecule has 3 nitrogen and oxygen atoms in total. The maximum atomic E-state index is 12.1. The van der Waals surface area contributed by atoms with Crippen molar-refractivity contribution >= 4 is 34.5 Å². The minimum atomic E-state index is 0.000651. The molecule has 2 rings (SSSR count). The van der Waals surface area contributed by atoms with Crippen molar-refractivity contribution in [2.24, 2.45) is 0 Å². The van der Waals surface area contributed by atoms with E-state index in [-0.39, 0.29) is 5.91 Å². The number of benzene rings is 1. The minimum Gasteiger partial charge on any atom is -0.321 e. The van der Waals surface area contributed by atoms with E-state index in [1.807, 2.05) is 48.5 Å². The molecule has 1 atom stereocenters. The van der Waals surface area contributed by atoms with E-state index in [1.54, 1.807) is 11.3 Å². The predicted octanol–water partition coefficient (Wildman–Crippen LogP) is 2.61. The average molecular weight is 322 g/mol. The Bertz CT molecular complexity index is 597. The van der Waals surface area contributed by atoms with Gasteiger partial charge in [-0.3, -0.25) is 4.79 Å². The molecule has 5 heteroatoms. The Labute approximate surface area is 133 Å². The molecule has 1 aromatic heterocycles. The van der Waals surface area contributed by atoms with Crippen LogP contribution in [0.5, 0.6) is 0 Å². The number of nitrogens with one attached hydrogen (secondary N) is 2. The molecule has 1 unspecified atom stereocenters. The zero-order chi connectivity index (χ0) is 15.1. The van der Waals surface area contributed by atoms with Gasteiger partial charge in [0.15, 0.2) is 6.54 Å². The average Bonchev–Trinajstić information content (AvgIpc) is 2.85. The second-order valence-electron chi connectivity index (χ2n) is 4.72. The lowest BCUT2D eigenvalue weighted by atomic mass is 10.3. The molecule has 0 saturated carbocycles. The van der Waals surface area contributed by atoms with Gasteiger partial charge >= 0.3 is 0 Å². The van der Waals surface area contributed by atoms with Crippen LogP contribution in [-0.2, 0) is 11.3 Å². The summed E-state index contributed by atoms with van der Waals surface area (Å²) in [6, 6.07) is 13.4. The minimum absolute atomic E-state index is 0.000651. The third-order valence-electron chi connectivity index (χ3n) is 2.95. The summed E-state index contributed by atoms with van der Waals surface area (Å²) < 4.78 is 0.775. The lowest BCUT2D eigenvalue weighted by Gasteiger charge is -2.16. The lowest BCUT2D eigenvalue weighted by molar-refractivity contribution is -0.899. The van der Waals surface area contributed by atoms with Crippen LogP contribution in [0.2, 0.25) is 4.34 Å². The maximum Gasteiger partial charge on any atom is 0.279 e. The number of anilines is 1. The number of rotatable bonds is 7. The van der Waals surface area contributed by atoms with Gasteiger partial charge in [-0.1, -0.05) is 36.4 Å². The second-order valence-corrected chi connectivity index (χ2v) is 6.52. The van der Waals surface area contributed by atoms with Crippen LogP contribution in [0, 0.1) is 0 Å². The van der Waals surface area contributed by atoms with Gasteiger partial charge in [0.1, 0.15) is 6.54 Å². The third-order valence-corrected chi connectivity index (χ3v) is 4.19. The first-order valence-electron chi connectivity index (χ1n) is 6.71. The van der Waals surface area contributed by atoms with E-state index < -0.39 is 0 Å². The Balaban J connectivity index is 1.92. The van der Waals surface area contributed by atoms with E-state index in [2.05, 4.69) is 11.9 Å². The van der Waals surface area contributed by atoms with Crippen molar-refractivity contribution in [2.45, 2.75) is 6.54 Å². The first kappa shape index (κ1) is 15.8. The topological polar surface area (TPSA) is 33.5 Å². The van der Waals surface area contributed by atoms with Crippen molar-refractivity contribution in [2.75, 3.05) is 18.4 Å². The summed E-state index contributed by atoms with van der Waals surface area (Å²) in [7, 11) is 0. The molecule has 1 heterocycles. The lowest BCUT2D eigenvalue weighted by Crippen LogP contribution is -3.11. The molecule has 110 valence electrons. The molecule has 0 aliphatic rings. The van der Waals surface area contributed by atoms with Crippen LogP contribution in [0.25, 0.3) is 0 Å². The van der Waals surface area contributed by atoms with Crippen LogP contribution in [0.3, 0.4) is 0 Å². The van der Waals surface area contributed by atoms with Crippen molar-refractivity contribution in [1.29, 1.82) is 0 Å². The molecule has 2 aromatic rings. The number of para-hydroxylation sites is 1.